The lowest BCUT2D eigenvalue weighted by Crippen LogP contribution is -2.48. The van der Waals surface area contributed by atoms with Crippen LogP contribution < -0.4 is 5.73 Å². The van der Waals surface area contributed by atoms with Crippen molar-refractivity contribution in [3.8, 4) is 0 Å². The van der Waals surface area contributed by atoms with E-state index in [0.717, 1.165) is 31.4 Å². The second kappa shape index (κ2) is 6.06. The molecule has 1 unspecified atom stereocenters. The standard InChI is InChI=1S/C17H26N2O2/c1-16(2,3)21-15(20)19-13-7-10-17(19,11-12-18)14-8-5-4-6-9-14/h4-6,8-9H,7,10-13,18H2,1-3H3. The first-order valence-corrected chi connectivity index (χ1v) is 7.65. The van der Waals surface area contributed by atoms with Crippen molar-refractivity contribution in [2.75, 3.05) is 13.1 Å². The third-order valence-corrected chi connectivity index (χ3v) is 3.97. The number of carbonyl (C=O) groups excluding carboxylic acids is 1. The van der Waals surface area contributed by atoms with E-state index < -0.39 is 5.60 Å². The number of hydrogen-bond acceptors (Lipinski definition) is 3. The Hall–Kier alpha value is -1.55. The van der Waals surface area contributed by atoms with Gasteiger partial charge in [0.15, 0.2) is 0 Å². The first-order chi connectivity index (χ1) is 9.89. The number of rotatable bonds is 3. The van der Waals surface area contributed by atoms with E-state index in [4.69, 9.17) is 10.5 Å². The molecule has 2 rings (SSSR count). The van der Waals surface area contributed by atoms with E-state index in [0.29, 0.717) is 6.54 Å². The second-order valence-corrected chi connectivity index (χ2v) is 6.67. The van der Waals surface area contributed by atoms with Crippen LogP contribution in [0.25, 0.3) is 0 Å². The van der Waals surface area contributed by atoms with Crippen LogP contribution in [0.3, 0.4) is 0 Å². The molecule has 4 heteroatoms. The smallest absolute Gasteiger partial charge is 0.411 e. The number of hydrogen-bond donors (Lipinski definition) is 1. The van der Waals surface area contributed by atoms with Crippen molar-refractivity contribution in [3.05, 3.63) is 35.9 Å². The first kappa shape index (κ1) is 15.8. The van der Waals surface area contributed by atoms with Crippen molar-refractivity contribution in [1.29, 1.82) is 0 Å². The van der Waals surface area contributed by atoms with Gasteiger partial charge in [0.2, 0.25) is 0 Å². The fourth-order valence-corrected chi connectivity index (χ4v) is 3.15. The molecule has 1 saturated heterocycles. The Labute approximate surface area is 127 Å². The Morgan fingerprint density at radius 1 is 1.33 bits per heavy atom. The van der Waals surface area contributed by atoms with Crippen LogP contribution in [0.1, 0.15) is 45.6 Å². The number of ether oxygens (including phenoxy) is 1. The molecule has 1 amide bonds. The summed E-state index contributed by atoms with van der Waals surface area (Å²) in [4.78, 5) is 14.5. The van der Waals surface area contributed by atoms with E-state index in [1.54, 1.807) is 0 Å². The molecule has 0 aliphatic carbocycles. The Morgan fingerprint density at radius 3 is 2.57 bits per heavy atom. The summed E-state index contributed by atoms with van der Waals surface area (Å²) in [6.07, 6.45) is 2.44. The van der Waals surface area contributed by atoms with Crippen LogP contribution in [0.5, 0.6) is 0 Å². The van der Waals surface area contributed by atoms with Crippen molar-refractivity contribution >= 4 is 6.09 Å². The average molecular weight is 290 g/mol. The molecule has 0 radical (unpaired) electrons. The lowest BCUT2D eigenvalue weighted by atomic mass is 9.84. The maximum absolute atomic E-state index is 12.6. The molecule has 1 aliphatic rings. The van der Waals surface area contributed by atoms with Crippen molar-refractivity contribution in [1.82, 2.24) is 4.90 Å². The highest BCUT2D eigenvalue weighted by molar-refractivity contribution is 5.70. The Bertz CT molecular complexity index is 481. The van der Waals surface area contributed by atoms with Gasteiger partial charge >= 0.3 is 6.09 Å². The molecule has 0 saturated carbocycles. The van der Waals surface area contributed by atoms with Crippen LogP contribution >= 0.6 is 0 Å². The molecule has 4 nitrogen and oxygen atoms in total. The van der Waals surface area contributed by atoms with E-state index in [-0.39, 0.29) is 11.6 Å². The number of amides is 1. The van der Waals surface area contributed by atoms with Crippen molar-refractivity contribution in [2.45, 2.75) is 51.2 Å². The summed E-state index contributed by atoms with van der Waals surface area (Å²) in [7, 11) is 0. The van der Waals surface area contributed by atoms with Gasteiger partial charge in [0.1, 0.15) is 5.60 Å². The Balaban J connectivity index is 2.33. The van der Waals surface area contributed by atoms with Gasteiger partial charge < -0.3 is 10.5 Å². The SMILES string of the molecule is CC(C)(C)OC(=O)N1CCCC1(CCN)c1ccccc1. The van der Waals surface area contributed by atoms with Crippen LogP contribution in [-0.4, -0.2) is 29.7 Å². The monoisotopic (exact) mass is 290 g/mol. The number of benzene rings is 1. The summed E-state index contributed by atoms with van der Waals surface area (Å²) in [5.74, 6) is 0. The minimum absolute atomic E-state index is 0.239. The molecular weight excluding hydrogens is 264 g/mol. The zero-order chi connectivity index (χ0) is 15.5. The van der Waals surface area contributed by atoms with E-state index >= 15 is 0 Å². The van der Waals surface area contributed by atoms with Crippen LogP contribution in [0, 0.1) is 0 Å². The molecule has 0 spiro atoms. The first-order valence-electron chi connectivity index (χ1n) is 7.65. The van der Waals surface area contributed by atoms with Crippen LogP contribution in [0.4, 0.5) is 4.79 Å². The summed E-state index contributed by atoms with van der Waals surface area (Å²) >= 11 is 0. The lowest BCUT2D eigenvalue weighted by Gasteiger charge is -2.39. The quantitative estimate of drug-likeness (QED) is 0.929. The predicted octanol–water partition coefficient (Wildman–Crippen LogP) is 3.26. The Morgan fingerprint density at radius 2 is 2.00 bits per heavy atom. The van der Waals surface area contributed by atoms with Gasteiger partial charge in [-0.1, -0.05) is 30.3 Å². The number of nitrogens with zero attached hydrogens (tertiary/aromatic N) is 1. The molecule has 1 aliphatic heterocycles. The molecule has 2 N–H and O–H groups in total. The topological polar surface area (TPSA) is 55.6 Å². The minimum Gasteiger partial charge on any atom is -0.444 e. The largest absolute Gasteiger partial charge is 0.444 e. The van der Waals surface area contributed by atoms with E-state index in [1.165, 1.54) is 0 Å². The summed E-state index contributed by atoms with van der Waals surface area (Å²) in [6.45, 7) is 6.97. The summed E-state index contributed by atoms with van der Waals surface area (Å²) in [5.41, 5.74) is 6.19. The third-order valence-electron chi connectivity index (χ3n) is 3.97. The molecule has 0 aromatic heterocycles. The van der Waals surface area contributed by atoms with Gasteiger partial charge in [-0.3, -0.25) is 4.90 Å². The number of carbonyl (C=O) groups is 1. The molecule has 1 atom stereocenters. The molecule has 21 heavy (non-hydrogen) atoms. The maximum Gasteiger partial charge on any atom is 0.411 e. The second-order valence-electron chi connectivity index (χ2n) is 6.67. The van der Waals surface area contributed by atoms with Crippen LogP contribution in [0.15, 0.2) is 30.3 Å². The fourth-order valence-electron chi connectivity index (χ4n) is 3.15. The minimum atomic E-state index is -0.481. The zero-order valence-electron chi connectivity index (χ0n) is 13.3. The van der Waals surface area contributed by atoms with Gasteiger partial charge in [-0.05, 0) is 52.1 Å². The van der Waals surface area contributed by atoms with Gasteiger partial charge in [-0.2, -0.15) is 0 Å². The molecule has 1 aromatic carbocycles. The third kappa shape index (κ3) is 3.38. The van der Waals surface area contributed by atoms with Gasteiger partial charge in [-0.25, -0.2) is 4.79 Å². The molecule has 0 bridgehead atoms. The lowest BCUT2D eigenvalue weighted by molar-refractivity contribution is 0.00559. The van der Waals surface area contributed by atoms with E-state index in [2.05, 4.69) is 12.1 Å². The van der Waals surface area contributed by atoms with Crippen molar-refractivity contribution < 1.29 is 9.53 Å². The fraction of sp³-hybridized carbons (Fsp3) is 0.588. The predicted molar refractivity (Wildman–Crippen MR) is 84.0 cm³/mol. The van der Waals surface area contributed by atoms with E-state index in [9.17, 15) is 4.79 Å². The zero-order valence-corrected chi connectivity index (χ0v) is 13.3. The highest BCUT2D eigenvalue weighted by Gasteiger charge is 2.45. The van der Waals surface area contributed by atoms with Gasteiger partial charge in [0, 0.05) is 6.54 Å². The summed E-state index contributed by atoms with van der Waals surface area (Å²) < 4.78 is 5.59. The molecule has 1 heterocycles. The highest BCUT2D eigenvalue weighted by Crippen LogP contribution is 2.42. The highest BCUT2D eigenvalue weighted by atomic mass is 16.6. The summed E-state index contributed by atoms with van der Waals surface area (Å²) in [6, 6.07) is 10.2. The average Bonchev–Trinajstić information content (AvgIpc) is 2.83. The maximum atomic E-state index is 12.6. The van der Waals surface area contributed by atoms with Crippen LogP contribution in [-0.2, 0) is 10.3 Å². The normalized spacial score (nSPS) is 22.4. The van der Waals surface area contributed by atoms with Crippen molar-refractivity contribution in [3.63, 3.8) is 0 Å². The molecule has 116 valence electrons. The van der Waals surface area contributed by atoms with Crippen molar-refractivity contribution in [2.24, 2.45) is 5.73 Å². The van der Waals surface area contributed by atoms with E-state index in [1.807, 2.05) is 43.9 Å². The van der Waals surface area contributed by atoms with Crippen LogP contribution in [0.2, 0.25) is 0 Å². The number of nitrogens with two attached hydrogens (primary N) is 1. The molecule has 1 fully saturated rings. The van der Waals surface area contributed by atoms with Gasteiger partial charge in [0.25, 0.3) is 0 Å². The molecular formula is C17H26N2O2. The summed E-state index contributed by atoms with van der Waals surface area (Å²) in [5, 5.41) is 0. The van der Waals surface area contributed by atoms with Gasteiger partial charge in [-0.15, -0.1) is 0 Å². The number of likely N-dealkylation sites (tertiary alicyclic amines) is 1. The Kier molecular flexibility index (Phi) is 4.57. The molecule has 1 aromatic rings. The van der Waals surface area contributed by atoms with Gasteiger partial charge in [0.05, 0.1) is 5.54 Å².